The van der Waals surface area contributed by atoms with Crippen LogP contribution in [0.5, 0.6) is 0 Å². The van der Waals surface area contributed by atoms with Crippen molar-refractivity contribution >= 4 is 24.8 Å². The fourth-order valence-corrected chi connectivity index (χ4v) is 3.74. The molecule has 11 heteroatoms. The van der Waals surface area contributed by atoms with Crippen LogP contribution in [-0.4, -0.2) is 54.1 Å². The smallest absolute Gasteiger partial charge is 0.217 e. The summed E-state index contributed by atoms with van der Waals surface area (Å²) in [5.74, 6) is -0.232. The van der Waals surface area contributed by atoms with Crippen LogP contribution in [0, 0.1) is 5.92 Å². The second kappa shape index (κ2) is 10.6. The van der Waals surface area contributed by atoms with Gasteiger partial charge in [-0.1, -0.05) is 5.11 Å². The van der Waals surface area contributed by atoms with Crippen molar-refractivity contribution in [3.8, 4) is 0 Å². The fourth-order valence-electron chi connectivity index (χ4n) is 3.31. The number of ether oxygens (including phenoxy) is 1. The van der Waals surface area contributed by atoms with E-state index in [1.54, 1.807) is 0 Å². The lowest BCUT2D eigenvalue weighted by Gasteiger charge is -2.48. The van der Waals surface area contributed by atoms with E-state index < -0.39 is 30.0 Å². The van der Waals surface area contributed by atoms with E-state index in [0.29, 0.717) is 19.4 Å². The molecule has 1 amide bonds. The summed E-state index contributed by atoms with van der Waals surface area (Å²) in [6.07, 6.45) is -1.10. The lowest BCUT2D eigenvalue weighted by molar-refractivity contribution is -0.195. The molecule has 1 fully saturated rings. The van der Waals surface area contributed by atoms with Crippen LogP contribution in [-0.2, 0) is 18.6 Å². The third kappa shape index (κ3) is 6.95. The Balaban J connectivity index is 3.08. The van der Waals surface area contributed by atoms with Gasteiger partial charge in [0.1, 0.15) is 18.3 Å². The first-order valence-corrected chi connectivity index (χ1v) is 9.01. The van der Waals surface area contributed by atoms with E-state index in [1.807, 2.05) is 13.8 Å². The molecule has 1 aliphatic rings. The van der Waals surface area contributed by atoms with Crippen LogP contribution in [0.1, 0.15) is 33.6 Å². The normalized spacial score (nSPS) is 27.8. The van der Waals surface area contributed by atoms with E-state index in [2.05, 4.69) is 34.3 Å². The largest absolute Gasteiger partial charge is 0.388 e. The summed E-state index contributed by atoms with van der Waals surface area (Å²) in [6, 6.07) is -0.429. The number of carbonyl (C=O) groups is 1. The minimum absolute atomic E-state index is 0.0140. The highest BCUT2D eigenvalue weighted by Gasteiger charge is 2.47. The minimum atomic E-state index is -1.02. The molecule has 0 radical (unpaired) electrons. The molecule has 0 bridgehead atoms. The molecule has 1 saturated heterocycles. The highest BCUT2D eigenvalue weighted by Crippen LogP contribution is 2.37. The van der Waals surface area contributed by atoms with Gasteiger partial charge < -0.3 is 24.2 Å². The first kappa shape index (κ1) is 22.5. The Kier molecular flexibility index (Phi) is 9.54. The lowest BCUT2D eigenvalue weighted by Crippen LogP contribution is -2.62. The molecule has 0 saturated carbocycles. The van der Waals surface area contributed by atoms with Gasteiger partial charge >= 0.3 is 0 Å². The maximum atomic E-state index is 11.7. The molecule has 0 aromatic rings. The summed E-state index contributed by atoms with van der Waals surface area (Å²) in [5, 5.41) is 17.3. The average molecular weight is 394 g/mol. The molecule has 7 atom stereocenters. The van der Waals surface area contributed by atoms with Crippen molar-refractivity contribution in [1.29, 1.82) is 0 Å². The summed E-state index contributed by atoms with van der Waals surface area (Å²) in [4.78, 5) is 14.5. The van der Waals surface area contributed by atoms with Crippen LogP contribution >= 0.6 is 18.9 Å². The topological polar surface area (TPSA) is 126 Å². The Hall–Kier alpha value is -0.520. The molecule has 2 N–H and O–H groups in total. The number of aliphatic hydroxyl groups excluding tert-OH is 1. The number of aliphatic hydroxyl groups is 1. The van der Waals surface area contributed by atoms with Gasteiger partial charge in [0.05, 0.1) is 18.2 Å². The third-order valence-corrected chi connectivity index (χ3v) is 4.80. The van der Waals surface area contributed by atoms with E-state index in [0.717, 1.165) is 0 Å². The van der Waals surface area contributed by atoms with Gasteiger partial charge in [0, 0.05) is 37.3 Å². The van der Waals surface area contributed by atoms with Gasteiger partial charge in [-0.2, -0.15) is 0 Å². The minimum Gasteiger partial charge on any atom is -0.388 e. The van der Waals surface area contributed by atoms with Crippen molar-refractivity contribution in [2.24, 2.45) is 11.0 Å². The third-order valence-electron chi connectivity index (χ3n) is 4.26. The molecule has 0 aromatic carbocycles. The van der Waals surface area contributed by atoms with Crippen LogP contribution in [0.15, 0.2) is 5.11 Å². The molecule has 0 aromatic heterocycles. The van der Waals surface area contributed by atoms with Gasteiger partial charge in [0.15, 0.2) is 0 Å². The zero-order chi connectivity index (χ0) is 19.0. The van der Waals surface area contributed by atoms with Crippen LogP contribution in [0.3, 0.4) is 0 Å². The summed E-state index contributed by atoms with van der Waals surface area (Å²) in [6.45, 7) is 5.74. The number of hydrogen-bond donors (Lipinski definition) is 2. The van der Waals surface area contributed by atoms with Crippen molar-refractivity contribution in [1.82, 2.24) is 5.32 Å². The number of amides is 1. The second-order valence-corrected chi connectivity index (χ2v) is 7.38. The first-order valence-electron chi connectivity index (χ1n) is 8.06. The van der Waals surface area contributed by atoms with Crippen molar-refractivity contribution in [2.75, 3.05) is 13.2 Å². The quantitative estimate of drug-likeness (QED) is 0.267. The van der Waals surface area contributed by atoms with Crippen LogP contribution < -0.4 is 5.32 Å². The maximum absolute atomic E-state index is 11.7. The maximum Gasteiger partial charge on any atom is 0.217 e. The Morgan fingerprint density at radius 2 is 2.24 bits per heavy atom. The predicted molar refractivity (Wildman–Crippen MR) is 99.5 cm³/mol. The van der Waals surface area contributed by atoms with Gasteiger partial charge in [-0.05, 0) is 38.1 Å². The molecule has 144 valence electrons. The Morgan fingerprint density at radius 3 is 2.76 bits per heavy atom. The monoisotopic (exact) mass is 394 g/mol. The molecule has 1 aliphatic heterocycles. The number of rotatable bonds is 9. The number of carbonyl (C=O) groups excluding carboxylic acids is 1. The highest BCUT2D eigenvalue weighted by atomic mass is 31.0. The van der Waals surface area contributed by atoms with E-state index in [1.165, 1.54) is 6.92 Å². The molecule has 9 nitrogen and oxygen atoms in total. The number of azide groups is 1. The molecular formula is C14H28N4O5P2. The van der Waals surface area contributed by atoms with Gasteiger partial charge in [-0.3, -0.25) is 4.79 Å². The second-order valence-electron chi connectivity index (χ2n) is 6.77. The Morgan fingerprint density at radius 1 is 1.56 bits per heavy atom. The summed E-state index contributed by atoms with van der Waals surface area (Å²) in [7, 11) is 4.23. The summed E-state index contributed by atoms with van der Waals surface area (Å²) in [5.41, 5.74) is 8.00. The molecule has 1 rings (SSSR count). The van der Waals surface area contributed by atoms with Crippen molar-refractivity contribution in [3.05, 3.63) is 10.4 Å². The van der Waals surface area contributed by atoms with Gasteiger partial charge in [-0.25, -0.2) is 0 Å². The Bertz CT molecular complexity index is 490. The fraction of sp³-hybridized carbons (Fsp3) is 0.929. The number of nitrogens with zero attached hydrogens (tertiary/aromatic N) is 3. The Labute approximate surface area is 152 Å². The molecule has 0 spiro atoms. The summed E-state index contributed by atoms with van der Waals surface area (Å²) >= 11 is 0. The predicted octanol–water partition coefficient (Wildman–Crippen LogP) is 1.72. The average Bonchev–Trinajstić information content (AvgIpc) is 2.53. The summed E-state index contributed by atoms with van der Waals surface area (Å²) < 4.78 is 16.3. The molecule has 2 unspecified atom stereocenters. The van der Waals surface area contributed by atoms with Gasteiger partial charge in [0.25, 0.3) is 0 Å². The first-order chi connectivity index (χ1) is 11.8. The highest BCUT2D eigenvalue weighted by molar-refractivity contribution is 7.10. The lowest BCUT2D eigenvalue weighted by atomic mass is 9.77. The molecule has 0 aliphatic carbocycles. The zero-order valence-corrected chi connectivity index (χ0v) is 17.1. The van der Waals surface area contributed by atoms with Gasteiger partial charge in [-0.15, -0.1) is 0 Å². The van der Waals surface area contributed by atoms with E-state index in [9.17, 15) is 9.90 Å². The van der Waals surface area contributed by atoms with Crippen molar-refractivity contribution < 1.29 is 23.7 Å². The van der Waals surface area contributed by atoms with E-state index >= 15 is 0 Å². The van der Waals surface area contributed by atoms with Crippen molar-refractivity contribution in [2.45, 2.75) is 63.6 Å². The van der Waals surface area contributed by atoms with Crippen LogP contribution in [0.4, 0.5) is 0 Å². The zero-order valence-electron chi connectivity index (χ0n) is 14.8. The van der Waals surface area contributed by atoms with E-state index in [-0.39, 0.29) is 18.4 Å². The van der Waals surface area contributed by atoms with Gasteiger partial charge in [0.2, 0.25) is 5.91 Å². The molecular weight excluding hydrogens is 366 g/mol. The van der Waals surface area contributed by atoms with Crippen LogP contribution in [0.25, 0.3) is 10.4 Å². The molecule has 25 heavy (non-hydrogen) atoms. The SMILES string of the molecule is CC(=O)N[C@@H]1[C@@H](CCN=[N+]=[N-])CC(C)(C)O[C@H]1[C@H](O)[C@@H](COP)OP. The standard InChI is InChI=1S/C14H28N4O5P2/c1-8(19)17-11-9(4-5-16-18-15)6-14(2,3)22-13(11)12(20)10(23-25)7-21-24/h9-13,20H,4-7,24-25H2,1-3H3,(H,17,19)/t9-,10+,11+,12+,13+/m0/s1. The number of hydrogen-bond acceptors (Lipinski definition) is 6. The molecule has 1 heterocycles. The van der Waals surface area contributed by atoms with Crippen LogP contribution in [0.2, 0.25) is 0 Å². The van der Waals surface area contributed by atoms with Crippen molar-refractivity contribution in [3.63, 3.8) is 0 Å². The van der Waals surface area contributed by atoms with E-state index in [4.69, 9.17) is 19.3 Å². The number of nitrogens with one attached hydrogen (secondary N) is 1.